The maximum atomic E-state index is 6.20. The maximum Gasteiger partial charge on any atom is 0.0984 e. The molecule has 90 valence electrons. The Bertz CT molecular complexity index is 436. The van der Waals surface area contributed by atoms with E-state index in [0.29, 0.717) is 17.7 Å². The third kappa shape index (κ3) is 1.47. The van der Waals surface area contributed by atoms with Gasteiger partial charge in [-0.1, -0.05) is 37.1 Å². The van der Waals surface area contributed by atoms with E-state index >= 15 is 0 Å². The van der Waals surface area contributed by atoms with Crippen molar-refractivity contribution in [3.8, 4) is 0 Å². The minimum Gasteiger partial charge on any atom is -0.370 e. The van der Waals surface area contributed by atoms with Crippen molar-refractivity contribution in [2.75, 3.05) is 6.61 Å². The number of fused-ring (bicyclic) bond motifs is 3. The van der Waals surface area contributed by atoms with Gasteiger partial charge in [0.15, 0.2) is 0 Å². The molecule has 1 aromatic carbocycles. The molecule has 1 saturated carbocycles. The standard InChI is InChI=1S/C15H19NO/c1-2-6-12-11(5-1)9-13-14(12)17-10-15(16-13)7-3-4-8-15/h1-2,5-6,13-14,16H,3-4,7-10H2. The minimum atomic E-state index is 0.303. The fourth-order valence-electron chi connectivity index (χ4n) is 3.92. The van der Waals surface area contributed by atoms with Gasteiger partial charge in [0.2, 0.25) is 0 Å². The Balaban J connectivity index is 1.63. The number of nitrogens with one attached hydrogen (secondary N) is 1. The van der Waals surface area contributed by atoms with Crippen molar-refractivity contribution in [3.63, 3.8) is 0 Å². The SMILES string of the molecule is c1ccc2c(c1)CC1NC3(CCCC3)COC21. The summed E-state index contributed by atoms with van der Waals surface area (Å²) in [4.78, 5) is 0. The molecular weight excluding hydrogens is 210 g/mol. The quantitative estimate of drug-likeness (QED) is 0.738. The smallest absolute Gasteiger partial charge is 0.0984 e. The Kier molecular flexibility index (Phi) is 2.12. The van der Waals surface area contributed by atoms with Crippen LogP contribution in [0.1, 0.15) is 42.9 Å². The zero-order valence-electron chi connectivity index (χ0n) is 10.1. The molecule has 17 heavy (non-hydrogen) atoms. The van der Waals surface area contributed by atoms with E-state index in [1.807, 2.05) is 0 Å². The molecule has 4 rings (SSSR count). The van der Waals surface area contributed by atoms with E-state index in [2.05, 4.69) is 29.6 Å². The second-order valence-corrected chi connectivity index (χ2v) is 5.87. The number of ether oxygens (including phenoxy) is 1. The molecule has 2 aliphatic carbocycles. The van der Waals surface area contributed by atoms with Crippen molar-refractivity contribution in [2.45, 2.75) is 49.8 Å². The fourth-order valence-corrected chi connectivity index (χ4v) is 3.92. The zero-order valence-corrected chi connectivity index (χ0v) is 10.1. The average Bonchev–Trinajstić information content (AvgIpc) is 2.93. The van der Waals surface area contributed by atoms with Gasteiger partial charge >= 0.3 is 0 Å². The first-order chi connectivity index (χ1) is 8.36. The van der Waals surface area contributed by atoms with Crippen LogP contribution < -0.4 is 5.32 Å². The lowest BCUT2D eigenvalue weighted by Crippen LogP contribution is -2.57. The van der Waals surface area contributed by atoms with Crippen molar-refractivity contribution in [1.29, 1.82) is 0 Å². The molecule has 0 amide bonds. The van der Waals surface area contributed by atoms with Crippen LogP contribution in [0.2, 0.25) is 0 Å². The summed E-state index contributed by atoms with van der Waals surface area (Å²) in [6.07, 6.45) is 6.76. The number of hydrogen-bond donors (Lipinski definition) is 1. The van der Waals surface area contributed by atoms with E-state index in [4.69, 9.17) is 4.74 Å². The summed E-state index contributed by atoms with van der Waals surface area (Å²) in [5.41, 5.74) is 3.20. The molecule has 2 fully saturated rings. The van der Waals surface area contributed by atoms with Crippen LogP contribution in [-0.2, 0) is 11.2 Å². The van der Waals surface area contributed by atoms with E-state index in [1.165, 1.54) is 36.8 Å². The van der Waals surface area contributed by atoms with Gasteiger partial charge in [-0.25, -0.2) is 0 Å². The second kappa shape index (κ2) is 3.56. The van der Waals surface area contributed by atoms with Crippen molar-refractivity contribution in [2.24, 2.45) is 0 Å². The van der Waals surface area contributed by atoms with E-state index in [9.17, 15) is 0 Å². The lowest BCUT2D eigenvalue weighted by atomic mass is 9.93. The molecule has 1 aromatic rings. The number of hydrogen-bond acceptors (Lipinski definition) is 2. The summed E-state index contributed by atoms with van der Waals surface area (Å²) in [6, 6.07) is 9.26. The molecule has 2 unspecified atom stereocenters. The highest BCUT2D eigenvalue weighted by atomic mass is 16.5. The summed E-state index contributed by atoms with van der Waals surface area (Å²) in [7, 11) is 0. The van der Waals surface area contributed by atoms with Crippen LogP contribution in [0.3, 0.4) is 0 Å². The molecule has 3 aliphatic rings. The van der Waals surface area contributed by atoms with Crippen molar-refractivity contribution in [3.05, 3.63) is 35.4 Å². The van der Waals surface area contributed by atoms with Crippen LogP contribution >= 0.6 is 0 Å². The van der Waals surface area contributed by atoms with E-state index in [-0.39, 0.29) is 0 Å². The number of rotatable bonds is 0. The van der Waals surface area contributed by atoms with Crippen molar-refractivity contribution < 1.29 is 4.74 Å². The van der Waals surface area contributed by atoms with Crippen LogP contribution in [0.4, 0.5) is 0 Å². The Labute approximate surface area is 102 Å². The van der Waals surface area contributed by atoms with E-state index < -0.39 is 0 Å². The molecule has 1 spiro atoms. The van der Waals surface area contributed by atoms with Crippen LogP contribution in [0.5, 0.6) is 0 Å². The highest BCUT2D eigenvalue weighted by Crippen LogP contribution is 2.42. The summed E-state index contributed by atoms with van der Waals surface area (Å²) in [5, 5.41) is 3.91. The monoisotopic (exact) mass is 229 g/mol. The minimum absolute atomic E-state index is 0.303. The van der Waals surface area contributed by atoms with Crippen LogP contribution in [0.25, 0.3) is 0 Å². The normalized spacial score (nSPS) is 33.6. The average molecular weight is 229 g/mol. The lowest BCUT2D eigenvalue weighted by molar-refractivity contribution is -0.0558. The summed E-state index contributed by atoms with van der Waals surface area (Å²) >= 11 is 0. The predicted octanol–water partition coefficient (Wildman–Crippen LogP) is 2.59. The first-order valence-electron chi connectivity index (χ1n) is 6.83. The summed E-state index contributed by atoms with van der Waals surface area (Å²) < 4.78 is 6.20. The number of benzene rings is 1. The zero-order chi connectivity index (χ0) is 11.3. The molecule has 0 radical (unpaired) electrons. The van der Waals surface area contributed by atoms with Gasteiger partial charge in [0.25, 0.3) is 0 Å². The molecule has 2 heteroatoms. The molecule has 2 nitrogen and oxygen atoms in total. The van der Waals surface area contributed by atoms with Gasteiger partial charge in [-0.2, -0.15) is 0 Å². The van der Waals surface area contributed by atoms with Gasteiger partial charge < -0.3 is 10.1 Å². The predicted molar refractivity (Wildman–Crippen MR) is 67.0 cm³/mol. The van der Waals surface area contributed by atoms with Gasteiger partial charge in [-0.15, -0.1) is 0 Å². The van der Waals surface area contributed by atoms with Crippen molar-refractivity contribution >= 4 is 0 Å². The van der Waals surface area contributed by atoms with Gasteiger partial charge in [0, 0.05) is 11.6 Å². The van der Waals surface area contributed by atoms with Gasteiger partial charge in [-0.05, 0) is 30.4 Å². The first kappa shape index (κ1) is 10.1. The molecule has 2 atom stereocenters. The summed E-state index contributed by atoms with van der Waals surface area (Å²) in [6.45, 7) is 0.905. The Morgan fingerprint density at radius 3 is 2.88 bits per heavy atom. The highest BCUT2D eigenvalue weighted by Gasteiger charge is 2.45. The third-order valence-corrected chi connectivity index (χ3v) is 4.76. The maximum absolute atomic E-state index is 6.20. The molecule has 0 bridgehead atoms. The van der Waals surface area contributed by atoms with Crippen LogP contribution in [-0.4, -0.2) is 18.2 Å². The topological polar surface area (TPSA) is 21.3 Å². The van der Waals surface area contributed by atoms with Crippen LogP contribution in [0.15, 0.2) is 24.3 Å². The van der Waals surface area contributed by atoms with Gasteiger partial charge in [0.1, 0.15) is 0 Å². The largest absolute Gasteiger partial charge is 0.370 e. The van der Waals surface area contributed by atoms with Gasteiger partial charge in [-0.3, -0.25) is 0 Å². The van der Waals surface area contributed by atoms with Crippen LogP contribution in [0, 0.1) is 0 Å². The Morgan fingerprint density at radius 2 is 2.00 bits per heavy atom. The number of morpholine rings is 1. The molecule has 1 saturated heterocycles. The Hall–Kier alpha value is -0.860. The molecule has 1 N–H and O–H groups in total. The molecule has 1 aliphatic heterocycles. The molecule has 1 heterocycles. The fraction of sp³-hybridized carbons (Fsp3) is 0.600. The van der Waals surface area contributed by atoms with E-state index in [0.717, 1.165) is 13.0 Å². The van der Waals surface area contributed by atoms with E-state index in [1.54, 1.807) is 0 Å². The molecular formula is C15H19NO. The van der Waals surface area contributed by atoms with Gasteiger partial charge in [0.05, 0.1) is 12.7 Å². The first-order valence-corrected chi connectivity index (χ1v) is 6.83. The molecule has 0 aromatic heterocycles. The Morgan fingerprint density at radius 1 is 1.18 bits per heavy atom. The van der Waals surface area contributed by atoms with Crippen molar-refractivity contribution in [1.82, 2.24) is 5.32 Å². The third-order valence-electron chi connectivity index (χ3n) is 4.76. The highest BCUT2D eigenvalue weighted by molar-refractivity contribution is 5.37. The second-order valence-electron chi connectivity index (χ2n) is 5.87. The summed E-state index contributed by atoms with van der Waals surface area (Å²) in [5.74, 6) is 0. The lowest BCUT2D eigenvalue weighted by Gasteiger charge is -2.41.